The Labute approximate surface area is 256 Å². The van der Waals surface area contributed by atoms with Crippen molar-refractivity contribution < 1.29 is 0 Å². The summed E-state index contributed by atoms with van der Waals surface area (Å²) >= 11 is 0. The van der Waals surface area contributed by atoms with Gasteiger partial charge in [0.25, 0.3) is 0 Å². The van der Waals surface area contributed by atoms with Crippen molar-refractivity contribution in [1.82, 2.24) is 0 Å². The number of hydrogen-bond donors (Lipinski definition) is 0. The molecule has 0 aliphatic rings. The summed E-state index contributed by atoms with van der Waals surface area (Å²) in [4.78, 5) is 0. The summed E-state index contributed by atoms with van der Waals surface area (Å²) in [6, 6.07) is 62.3. The Hall–Kier alpha value is -5.72. The van der Waals surface area contributed by atoms with Gasteiger partial charge >= 0.3 is 0 Å². The van der Waals surface area contributed by atoms with Crippen molar-refractivity contribution in [3.05, 3.63) is 170 Å². The van der Waals surface area contributed by atoms with E-state index in [0.717, 1.165) is 0 Å². The lowest BCUT2D eigenvalue weighted by molar-refractivity contribution is 1.64. The lowest BCUT2D eigenvalue weighted by Gasteiger charge is -2.19. The summed E-state index contributed by atoms with van der Waals surface area (Å²) in [5, 5.41) is 12.8. The maximum atomic E-state index is 2.39. The van der Waals surface area contributed by atoms with Gasteiger partial charge in [-0.25, -0.2) is 0 Å². The third-order valence-corrected chi connectivity index (χ3v) is 9.20. The second-order valence-corrected chi connectivity index (χ2v) is 11.7. The van der Waals surface area contributed by atoms with Crippen LogP contribution in [0.3, 0.4) is 0 Å². The van der Waals surface area contributed by atoms with Gasteiger partial charge in [0.1, 0.15) is 0 Å². The van der Waals surface area contributed by atoms with Gasteiger partial charge in [-0.3, -0.25) is 0 Å². The zero-order valence-electron chi connectivity index (χ0n) is 24.2. The van der Waals surface area contributed by atoms with Gasteiger partial charge in [0.05, 0.1) is 0 Å². The van der Waals surface area contributed by atoms with E-state index >= 15 is 0 Å². The van der Waals surface area contributed by atoms with Gasteiger partial charge in [-0.05, 0) is 105 Å². The molecule has 0 spiro atoms. The molecule has 0 heteroatoms. The molecule has 0 nitrogen and oxygen atoms in total. The van der Waals surface area contributed by atoms with E-state index < -0.39 is 0 Å². The average Bonchev–Trinajstić information content (AvgIpc) is 3.10. The third-order valence-electron chi connectivity index (χ3n) is 9.20. The van der Waals surface area contributed by atoms with E-state index in [9.17, 15) is 0 Å². The summed E-state index contributed by atoms with van der Waals surface area (Å²) in [6.07, 6.45) is 0. The van der Waals surface area contributed by atoms with Crippen molar-refractivity contribution >= 4 is 53.9 Å². The minimum Gasteiger partial charge on any atom is -0.0616 e. The van der Waals surface area contributed by atoms with Gasteiger partial charge in [0, 0.05) is 0 Å². The van der Waals surface area contributed by atoms with E-state index in [1.54, 1.807) is 0 Å². The minimum absolute atomic E-state index is 1.23. The molecule has 0 aromatic heterocycles. The molecule has 44 heavy (non-hydrogen) atoms. The Morgan fingerprint density at radius 3 is 1.36 bits per heavy atom. The minimum atomic E-state index is 1.23. The first kappa shape index (κ1) is 24.8. The summed E-state index contributed by atoms with van der Waals surface area (Å²) in [5.41, 5.74) is 7.56. The Balaban J connectivity index is 1.32. The molecule has 0 saturated carbocycles. The first-order chi connectivity index (χ1) is 21.8. The van der Waals surface area contributed by atoms with Gasteiger partial charge in [0.15, 0.2) is 0 Å². The molecule has 0 radical (unpaired) electrons. The smallest absolute Gasteiger partial charge is 0.00262 e. The van der Waals surface area contributed by atoms with Crippen LogP contribution < -0.4 is 0 Å². The molecular formula is C44H28. The van der Waals surface area contributed by atoms with Gasteiger partial charge in [0.2, 0.25) is 0 Å². The third kappa shape index (κ3) is 3.85. The predicted molar refractivity (Wildman–Crippen MR) is 190 cm³/mol. The highest BCUT2D eigenvalue weighted by atomic mass is 14.2. The highest BCUT2D eigenvalue weighted by Gasteiger charge is 2.17. The molecule has 0 aliphatic heterocycles. The maximum Gasteiger partial charge on any atom is -0.00262 e. The second kappa shape index (κ2) is 9.93. The van der Waals surface area contributed by atoms with Crippen LogP contribution in [0.5, 0.6) is 0 Å². The lowest BCUT2D eigenvalue weighted by atomic mass is 9.84. The number of fused-ring (bicyclic) bond motifs is 6. The van der Waals surface area contributed by atoms with Crippen molar-refractivity contribution in [2.75, 3.05) is 0 Å². The van der Waals surface area contributed by atoms with Crippen LogP contribution in [0.1, 0.15) is 0 Å². The topological polar surface area (TPSA) is 0 Å². The zero-order chi connectivity index (χ0) is 29.0. The molecule has 9 rings (SSSR count). The molecule has 0 fully saturated rings. The maximum absolute atomic E-state index is 2.39. The average molecular weight is 557 g/mol. The molecule has 0 atom stereocenters. The fourth-order valence-electron chi connectivity index (χ4n) is 7.23. The number of benzene rings is 9. The van der Waals surface area contributed by atoms with Gasteiger partial charge < -0.3 is 0 Å². The van der Waals surface area contributed by atoms with E-state index in [1.165, 1.54) is 87.2 Å². The Morgan fingerprint density at radius 1 is 0.227 bits per heavy atom. The van der Waals surface area contributed by atoms with E-state index in [-0.39, 0.29) is 0 Å². The highest BCUT2D eigenvalue weighted by molar-refractivity contribution is 6.22. The molecule has 9 aromatic carbocycles. The van der Waals surface area contributed by atoms with Gasteiger partial charge in [-0.15, -0.1) is 0 Å². The van der Waals surface area contributed by atoms with Crippen molar-refractivity contribution in [2.24, 2.45) is 0 Å². The molecule has 0 N–H and O–H groups in total. The summed E-state index contributed by atoms with van der Waals surface area (Å²) in [7, 11) is 0. The van der Waals surface area contributed by atoms with E-state index in [4.69, 9.17) is 0 Å². The standard InChI is InChI=1S/C44H28/c1-2-13-30-26-34(25-24-29(30)12-1)44-40-22-9-7-20-38(40)43(39-21-8-10-23-41(39)44)33-16-11-15-31(27-33)42-28-32-14-3-4-17-35(32)36-18-5-6-19-37(36)42/h1-28H. The first-order valence-corrected chi connectivity index (χ1v) is 15.3. The van der Waals surface area contributed by atoms with Gasteiger partial charge in [-0.2, -0.15) is 0 Å². The molecule has 0 unspecified atom stereocenters. The Bertz CT molecular complexity index is 2490. The van der Waals surface area contributed by atoms with Crippen molar-refractivity contribution in [3.63, 3.8) is 0 Å². The molecule has 0 saturated heterocycles. The van der Waals surface area contributed by atoms with Crippen LogP contribution in [-0.2, 0) is 0 Å². The summed E-state index contributed by atoms with van der Waals surface area (Å²) in [6.45, 7) is 0. The molecule has 0 bridgehead atoms. The molecule has 204 valence electrons. The SMILES string of the molecule is c1cc(-c2c3ccccc3c(-c3ccc4ccccc4c3)c3ccccc23)cc(-c2cc3ccccc3c3ccccc23)c1. The fourth-order valence-corrected chi connectivity index (χ4v) is 7.23. The predicted octanol–water partition coefficient (Wildman–Crippen LogP) is 12.5. The van der Waals surface area contributed by atoms with Crippen LogP contribution in [0.2, 0.25) is 0 Å². The molecule has 0 amide bonds. The fraction of sp³-hybridized carbons (Fsp3) is 0. The number of hydrogen-bond acceptors (Lipinski definition) is 0. The molecule has 0 heterocycles. The molecular weight excluding hydrogens is 528 g/mol. The largest absolute Gasteiger partial charge is 0.0616 e. The Morgan fingerprint density at radius 2 is 0.705 bits per heavy atom. The first-order valence-electron chi connectivity index (χ1n) is 15.3. The van der Waals surface area contributed by atoms with Crippen molar-refractivity contribution in [1.29, 1.82) is 0 Å². The van der Waals surface area contributed by atoms with Crippen LogP contribution in [-0.4, -0.2) is 0 Å². The summed E-state index contributed by atoms with van der Waals surface area (Å²) < 4.78 is 0. The molecule has 0 aliphatic carbocycles. The lowest BCUT2D eigenvalue weighted by Crippen LogP contribution is -1.91. The molecule has 9 aromatic rings. The zero-order valence-corrected chi connectivity index (χ0v) is 24.2. The van der Waals surface area contributed by atoms with Crippen LogP contribution >= 0.6 is 0 Å². The van der Waals surface area contributed by atoms with Crippen LogP contribution in [0, 0.1) is 0 Å². The normalized spacial score (nSPS) is 11.6. The van der Waals surface area contributed by atoms with Crippen molar-refractivity contribution in [3.8, 4) is 33.4 Å². The van der Waals surface area contributed by atoms with Crippen LogP contribution in [0.4, 0.5) is 0 Å². The highest BCUT2D eigenvalue weighted by Crippen LogP contribution is 2.45. The van der Waals surface area contributed by atoms with E-state index in [1.807, 2.05) is 0 Å². The van der Waals surface area contributed by atoms with E-state index in [2.05, 4.69) is 170 Å². The monoisotopic (exact) mass is 556 g/mol. The second-order valence-electron chi connectivity index (χ2n) is 11.7. The quantitative estimate of drug-likeness (QED) is 0.150. The van der Waals surface area contributed by atoms with Crippen LogP contribution in [0.15, 0.2) is 170 Å². The van der Waals surface area contributed by atoms with Crippen LogP contribution in [0.25, 0.3) is 87.2 Å². The summed E-state index contributed by atoms with van der Waals surface area (Å²) in [5.74, 6) is 0. The van der Waals surface area contributed by atoms with Gasteiger partial charge in [-0.1, -0.05) is 152 Å². The Kier molecular flexibility index (Phi) is 5.61. The van der Waals surface area contributed by atoms with E-state index in [0.29, 0.717) is 0 Å². The number of rotatable bonds is 3. The van der Waals surface area contributed by atoms with Crippen molar-refractivity contribution in [2.45, 2.75) is 0 Å².